The van der Waals surface area contributed by atoms with E-state index >= 15 is 0 Å². The van der Waals surface area contributed by atoms with E-state index in [1.54, 1.807) is 30.3 Å². The summed E-state index contributed by atoms with van der Waals surface area (Å²) in [6, 6.07) is 11.8. The zero-order valence-electron chi connectivity index (χ0n) is 20.1. The van der Waals surface area contributed by atoms with Crippen LogP contribution in [-0.4, -0.2) is 24.0 Å². The zero-order chi connectivity index (χ0) is 25.2. The minimum Gasteiger partial charge on any atom is -0.490 e. The van der Waals surface area contributed by atoms with Gasteiger partial charge in [-0.2, -0.15) is 0 Å². The third-order valence-electron chi connectivity index (χ3n) is 6.17. The minimum atomic E-state index is -0.787. The number of furan rings is 1. The summed E-state index contributed by atoms with van der Waals surface area (Å²) < 4.78 is 37.1. The van der Waals surface area contributed by atoms with Gasteiger partial charge in [0.15, 0.2) is 16.9 Å². The number of ether oxygens (including phenoxy) is 2. The van der Waals surface area contributed by atoms with Crippen molar-refractivity contribution in [2.75, 3.05) is 13.2 Å². The third kappa shape index (κ3) is 4.23. The Morgan fingerprint density at radius 2 is 1.89 bits per heavy atom. The molecule has 2 aromatic carbocycles. The molecular formula is C28H26FNO6. The molecule has 4 aromatic rings. The summed E-state index contributed by atoms with van der Waals surface area (Å²) in [6.07, 6.45) is 3.42. The summed E-state index contributed by atoms with van der Waals surface area (Å²) in [6.45, 7) is 5.03. The highest BCUT2D eigenvalue weighted by molar-refractivity contribution is 5.99. The van der Waals surface area contributed by atoms with Gasteiger partial charge in [0.05, 0.1) is 43.0 Å². The monoisotopic (exact) mass is 491 g/mol. The molecule has 1 aliphatic rings. The van der Waals surface area contributed by atoms with Crippen LogP contribution in [0.25, 0.3) is 11.0 Å². The molecule has 0 N–H and O–H groups in total. The van der Waals surface area contributed by atoms with Gasteiger partial charge in [-0.15, -0.1) is 0 Å². The first-order chi connectivity index (χ1) is 17.5. The van der Waals surface area contributed by atoms with E-state index in [0.717, 1.165) is 18.9 Å². The molecule has 0 saturated carbocycles. The quantitative estimate of drug-likeness (QED) is 0.273. The van der Waals surface area contributed by atoms with Crippen molar-refractivity contribution in [2.24, 2.45) is 0 Å². The molecule has 7 nitrogen and oxygen atoms in total. The van der Waals surface area contributed by atoms with Crippen LogP contribution in [0, 0.1) is 5.82 Å². The Labute approximate surface area is 207 Å². The van der Waals surface area contributed by atoms with E-state index in [1.165, 1.54) is 23.3 Å². The topological polar surface area (TPSA) is 82.1 Å². The van der Waals surface area contributed by atoms with Crippen LogP contribution in [0.15, 0.2) is 68.4 Å². The fourth-order valence-electron chi connectivity index (χ4n) is 4.48. The lowest BCUT2D eigenvalue weighted by atomic mass is 9.98. The summed E-state index contributed by atoms with van der Waals surface area (Å²) in [4.78, 5) is 28.7. The van der Waals surface area contributed by atoms with Crippen molar-refractivity contribution in [3.63, 3.8) is 0 Å². The Morgan fingerprint density at radius 3 is 2.64 bits per heavy atom. The maximum Gasteiger partial charge on any atom is 0.291 e. The molecule has 0 radical (unpaired) electrons. The zero-order valence-corrected chi connectivity index (χ0v) is 20.1. The van der Waals surface area contributed by atoms with Crippen LogP contribution in [-0.2, 0) is 6.54 Å². The number of rotatable bonds is 9. The van der Waals surface area contributed by atoms with Gasteiger partial charge in [0, 0.05) is 0 Å². The van der Waals surface area contributed by atoms with E-state index < -0.39 is 23.2 Å². The molecule has 1 unspecified atom stereocenters. The maximum absolute atomic E-state index is 14.0. The molecule has 0 aliphatic carbocycles. The highest BCUT2D eigenvalue weighted by atomic mass is 19.1. The molecule has 3 heterocycles. The first-order valence-electron chi connectivity index (χ1n) is 12.0. The molecule has 0 spiro atoms. The standard InChI is InChI=1S/C28H26FNO6/c1-3-5-12-35-22-10-8-17(14-23(22)33-4-2)25-24-26(31)20-15-18(29)9-11-21(20)36-27(24)28(32)30(25)16-19-7-6-13-34-19/h6-11,13-15,25H,3-5,12,16H2,1-2H3. The molecule has 1 atom stereocenters. The Morgan fingerprint density at radius 1 is 1.03 bits per heavy atom. The first kappa shape index (κ1) is 23.7. The number of amides is 1. The summed E-state index contributed by atoms with van der Waals surface area (Å²) in [5.74, 6) is 0.585. The van der Waals surface area contributed by atoms with E-state index in [2.05, 4.69) is 6.92 Å². The Kier molecular flexibility index (Phi) is 6.50. The Bertz CT molecular complexity index is 1460. The summed E-state index contributed by atoms with van der Waals surface area (Å²) in [5.41, 5.74) is 0.504. The van der Waals surface area contributed by atoms with Gasteiger partial charge in [-0.05, 0) is 61.4 Å². The number of hydrogen-bond donors (Lipinski definition) is 0. The normalized spacial score (nSPS) is 14.9. The molecule has 0 saturated heterocycles. The van der Waals surface area contributed by atoms with E-state index in [0.29, 0.717) is 36.0 Å². The lowest BCUT2D eigenvalue weighted by Crippen LogP contribution is -2.29. The average molecular weight is 492 g/mol. The van der Waals surface area contributed by atoms with Crippen molar-refractivity contribution in [1.29, 1.82) is 0 Å². The summed E-state index contributed by atoms with van der Waals surface area (Å²) in [5, 5.41) is 0.0796. The second-order valence-corrected chi connectivity index (χ2v) is 8.57. The fraction of sp³-hybridized carbons (Fsp3) is 0.286. The van der Waals surface area contributed by atoms with Gasteiger partial charge in [-0.25, -0.2) is 4.39 Å². The number of unbranched alkanes of at least 4 members (excludes halogenated alkanes) is 1. The number of halogens is 1. The SMILES string of the molecule is CCCCOc1ccc(C2c3c(oc4ccc(F)cc4c3=O)C(=O)N2Cc2ccco2)cc1OCC. The number of hydrogen-bond acceptors (Lipinski definition) is 6. The summed E-state index contributed by atoms with van der Waals surface area (Å²) >= 11 is 0. The third-order valence-corrected chi connectivity index (χ3v) is 6.17. The molecule has 0 bridgehead atoms. The van der Waals surface area contributed by atoms with Crippen molar-refractivity contribution in [1.82, 2.24) is 4.90 Å². The van der Waals surface area contributed by atoms with Gasteiger partial charge in [0.1, 0.15) is 17.2 Å². The molecule has 36 heavy (non-hydrogen) atoms. The van der Waals surface area contributed by atoms with Crippen LogP contribution in [0.1, 0.15) is 60.2 Å². The number of fused-ring (bicyclic) bond motifs is 2. The summed E-state index contributed by atoms with van der Waals surface area (Å²) in [7, 11) is 0. The highest BCUT2D eigenvalue weighted by Gasteiger charge is 2.43. The van der Waals surface area contributed by atoms with Crippen LogP contribution in [0.2, 0.25) is 0 Å². The molecule has 5 rings (SSSR count). The second-order valence-electron chi connectivity index (χ2n) is 8.57. The second kappa shape index (κ2) is 9.89. The van der Waals surface area contributed by atoms with Gasteiger partial charge in [0.25, 0.3) is 5.91 Å². The minimum absolute atomic E-state index is 0.0584. The number of carbonyl (C=O) groups excluding carboxylic acids is 1. The molecular weight excluding hydrogens is 465 g/mol. The van der Waals surface area contributed by atoms with Crippen LogP contribution in [0.4, 0.5) is 4.39 Å². The van der Waals surface area contributed by atoms with Crippen molar-refractivity contribution in [3.05, 3.63) is 93.5 Å². The predicted molar refractivity (Wildman–Crippen MR) is 131 cm³/mol. The van der Waals surface area contributed by atoms with Crippen LogP contribution >= 0.6 is 0 Å². The van der Waals surface area contributed by atoms with Crippen molar-refractivity contribution in [2.45, 2.75) is 39.3 Å². The fourth-order valence-corrected chi connectivity index (χ4v) is 4.48. The van der Waals surface area contributed by atoms with Crippen LogP contribution < -0.4 is 14.9 Å². The molecule has 186 valence electrons. The van der Waals surface area contributed by atoms with Gasteiger partial charge in [-0.3, -0.25) is 9.59 Å². The van der Waals surface area contributed by atoms with Crippen LogP contribution in [0.5, 0.6) is 11.5 Å². The Balaban J connectivity index is 1.66. The first-order valence-corrected chi connectivity index (χ1v) is 12.0. The molecule has 8 heteroatoms. The molecule has 2 aromatic heterocycles. The van der Waals surface area contributed by atoms with Gasteiger partial charge in [0.2, 0.25) is 5.76 Å². The van der Waals surface area contributed by atoms with E-state index in [-0.39, 0.29) is 28.8 Å². The number of benzene rings is 2. The molecule has 1 aliphatic heterocycles. The molecule has 1 amide bonds. The maximum atomic E-state index is 14.0. The van der Waals surface area contributed by atoms with Crippen LogP contribution in [0.3, 0.4) is 0 Å². The van der Waals surface area contributed by atoms with E-state index in [1.807, 2.05) is 6.92 Å². The number of nitrogens with zero attached hydrogens (tertiary/aromatic N) is 1. The van der Waals surface area contributed by atoms with Gasteiger partial charge >= 0.3 is 0 Å². The highest BCUT2D eigenvalue weighted by Crippen LogP contribution is 2.42. The van der Waals surface area contributed by atoms with E-state index in [9.17, 15) is 14.0 Å². The lowest BCUT2D eigenvalue weighted by molar-refractivity contribution is 0.0701. The largest absolute Gasteiger partial charge is 0.490 e. The molecule has 0 fully saturated rings. The van der Waals surface area contributed by atoms with E-state index in [4.69, 9.17) is 18.3 Å². The van der Waals surface area contributed by atoms with Crippen molar-refractivity contribution < 1.29 is 27.5 Å². The predicted octanol–water partition coefficient (Wildman–Crippen LogP) is 5.85. The van der Waals surface area contributed by atoms with Gasteiger partial charge < -0.3 is 23.2 Å². The smallest absolute Gasteiger partial charge is 0.291 e. The lowest BCUT2D eigenvalue weighted by Gasteiger charge is -2.25. The van der Waals surface area contributed by atoms with Crippen molar-refractivity contribution >= 4 is 16.9 Å². The van der Waals surface area contributed by atoms with Crippen molar-refractivity contribution in [3.8, 4) is 11.5 Å². The average Bonchev–Trinajstić information content (AvgIpc) is 3.48. The van der Waals surface area contributed by atoms with Gasteiger partial charge in [-0.1, -0.05) is 19.4 Å². The number of carbonyl (C=O) groups is 1. The Hall–Kier alpha value is -4.07.